The highest BCUT2D eigenvalue weighted by molar-refractivity contribution is 5.92. The number of hydrogen-bond acceptors (Lipinski definition) is 5. The van der Waals surface area contributed by atoms with Crippen LogP contribution in [-0.4, -0.2) is 44.1 Å². The Morgan fingerprint density at radius 1 is 1.31 bits per heavy atom. The van der Waals surface area contributed by atoms with Gasteiger partial charge in [-0.05, 0) is 43.0 Å². The number of amides is 1. The monoisotopic (exact) mass is 359 g/mol. The van der Waals surface area contributed by atoms with E-state index in [1.54, 1.807) is 25.1 Å². The quantitative estimate of drug-likeness (QED) is 0.700. The van der Waals surface area contributed by atoms with Crippen molar-refractivity contribution in [3.8, 4) is 5.75 Å². The average molecular weight is 359 g/mol. The number of phenolic OH excluding ortho intramolecular Hbond substituents is 1. The fourth-order valence-electron chi connectivity index (χ4n) is 2.73. The molecule has 1 aromatic heterocycles. The van der Waals surface area contributed by atoms with Gasteiger partial charge in [0.2, 0.25) is 0 Å². The molecule has 0 aliphatic rings. The minimum absolute atomic E-state index is 0.0345. The third-order valence-corrected chi connectivity index (χ3v) is 3.96. The maximum Gasteiger partial charge on any atom is 0.345 e. The first-order valence-electron chi connectivity index (χ1n) is 8.66. The summed E-state index contributed by atoms with van der Waals surface area (Å²) in [4.78, 5) is 32.4. The van der Waals surface area contributed by atoms with E-state index in [-0.39, 0.29) is 18.0 Å². The molecule has 7 nitrogen and oxygen atoms in total. The molecule has 0 fully saturated rings. The zero-order valence-electron chi connectivity index (χ0n) is 15.3. The Morgan fingerprint density at radius 2 is 2.04 bits per heavy atom. The van der Waals surface area contributed by atoms with Crippen LogP contribution >= 0.6 is 0 Å². The second-order valence-corrected chi connectivity index (χ2v) is 6.65. The van der Waals surface area contributed by atoms with Gasteiger partial charge in [-0.3, -0.25) is 4.79 Å². The highest BCUT2D eigenvalue weighted by atomic mass is 16.3. The van der Waals surface area contributed by atoms with E-state index in [0.717, 1.165) is 0 Å². The highest BCUT2D eigenvalue weighted by Gasteiger charge is 2.21. The number of aliphatic hydroxyl groups excluding tert-OH is 1. The lowest BCUT2D eigenvalue weighted by atomic mass is 10.1. The third kappa shape index (κ3) is 5.16. The van der Waals surface area contributed by atoms with E-state index in [1.807, 2.05) is 13.8 Å². The molecule has 0 aliphatic heterocycles. The Hall–Kier alpha value is -2.67. The maximum atomic E-state index is 12.8. The molecule has 0 saturated heterocycles. The summed E-state index contributed by atoms with van der Waals surface area (Å²) in [7, 11) is 0. The van der Waals surface area contributed by atoms with Gasteiger partial charge in [-0.1, -0.05) is 26.0 Å². The van der Waals surface area contributed by atoms with E-state index in [2.05, 4.69) is 9.97 Å². The van der Waals surface area contributed by atoms with Crippen LogP contribution in [0.2, 0.25) is 0 Å². The van der Waals surface area contributed by atoms with Gasteiger partial charge in [-0.25, -0.2) is 4.79 Å². The minimum atomic E-state index is -0.955. The van der Waals surface area contributed by atoms with Crippen LogP contribution in [0.15, 0.2) is 35.1 Å². The lowest BCUT2D eigenvalue weighted by Crippen LogP contribution is -2.36. The molecule has 0 aliphatic carbocycles. The summed E-state index contributed by atoms with van der Waals surface area (Å²) in [5, 5.41) is 19.9. The number of nitrogens with zero attached hydrogens (tertiary/aromatic N) is 2. The van der Waals surface area contributed by atoms with Gasteiger partial charge < -0.3 is 20.1 Å². The smallest absolute Gasteiger partial charge is 0.345 e. The summed E-state index contributed by atoms with van der Waals surface area (Å²) >= 11 is 0. The van der Waals surface area contributed by atoms with E-state index >= 15 is 0 Å². The maximum absolute atomic E-state index is 12.8. The number of nitrogens with one attached hydrogen (secondary N) is 1. The fraction of sp³-hybridized carbons (Fsp3) is 0.421. The topological polar surface area (TPSA) is 107 Å². The van der Waals surface area contributed by atoms with Crippen molar-refractivity contribution in [2.24, 2.45) is 5.92 Å². The number of carbonyl (C=O) groups is 1. The molecule has 0 radical (unpaired) electrons. The van der Waals surface area contributed by atoms with Gasteiger partial charge in [-0.15, -0.1) is 0 Å². The number of rotatable bonds is 7. The summed E-state index contributed by atoms with van der Waals surface area (Å²) in [6.07, 6.45) is -0.320. The first kappa shape index (κ1) is 19.7. The number of hydrogen-bond donors (Lipinski definition) is 3. The Morgan fingerprint density at radius 3 is 2.65 bits per heavy atom. The first-order valence-corrected chi connectivity index (χ1v) is 8.66. The van der Waals surface area contributed by atoms with Crippen molar-refractivity contribution >= 4 is 5.91 Å². The number of H-pyrrole nitrogens is 1. The molecular weight excluding hydrogens is 334 g/mol. The van der Waals surface area contributed by atoms with Gasteiger partial charge in [0.15, 0.2) is 0 Å². The van der Waals surface area contributed by atoms with Gasteiger partial charge in [-0.2, -0.15) is 4.98 Å². The first-order chi connectivity index (χ1) is 12.3. The van der Waals surface area contributed by atoms with Crippen molar-refractivity contribution in [3.63, 3.8) is 0 Å². The van der Waals surface area contributed by atoms with E-state index in [0.29, 0.717) is 30.1 Å². The molecule has 2 aromatic rings. The van der Waals surface area contributed by atoms with Crippen LogP contribution in [0.1, 0.15) is 48.6 Å². The van der Waals surface area contributed by atoms with Crippen LogP contribution < -0.4 is 5.69 Å². The van der Waals surface area contributed by atoms with Crippen LogP contribution in [0.3, 0.4) is 0 Å². The van der Waals surface area contributed by atoms with Crippen molar-refractivity contribution < 1.29 is 15.0 Å². The summed E-state index contributed by atoms with van der Waals surface area (Å²) in [5.41, 5.74) is 0.675. The van der Waals surface area contributed by atoms with Gasteiger partial charge >= 0.3 is 5.69 Å². The van der Waals surface area contributed by atoms with Crippen molar-refractivity contribution in [3.05, 3.63) is 57.8 Å². The molecule has 1 unspecified atom stereocenters. The van der Waals surface area contributed by atoms with Gasteiger partial charge in [0.25, 0.3) is 5.91 Å². The highest BCUT2D eigenvalue weighted by Crippen LogP contribution is 2.19. The molecule has 7 heteroatoms. The van der Waals surface area contributed by atoms with Crippen LogP contribution in [-0.2, 0) is 6.42 Å². The molecule has 2 rings (SSSR count). The molecule has 0 spiro atoms. The summed E-state index contributed by atoms with van der Waals surface area (Å²) in [6.45, 7) is 6.21. The number of aromatic amines is 1. The number of aliphatic hydroxyl groups is 1. The van der Waals surface area contributed by atoms with Crippen molar-refractivity contribution in [1.82, 2.24) is 14.9 Å². The number of carbonyl (C=O) groups excluding carboxylic acids is 1. The SMILES string of the molecule is CCN(CC(O)c1cccc(O)c1)C(=O)c1cc(CC(C)C)[nH]c(=O)n1. The molecule has 3 N–H and O–H groups in total. The van der Waals surface area contributed by atoms with E-state index < -0.39 is 17.7 Å². The summed E-state index contributed by atoms with van der Waals surface area (Å²) in [6, 6.07) is 7.86. The number of aromatic hydroxyl groups is 1. The molecule has 1 aromatic carbocycles. The Bertz CT molecular complexity index is 816. The van der Waals surface area contributed by atoms with E-state index in [4.69, 9.17) is 0 Å². The second kappa shape index (κ2) is 8.62. The van der Waals surface area contributed by atoms with Crippen molar-refractivity contribution in [2.45, 2.75) is 33.3 Å². The van der Waals surface area contributed by atoms with Crippen LogP contribution in [0, 0.1) is 5.92 Å². The zero-order valence-corrected chi connectivity index (χ0v) is 15.3. The van der Waals surface area contributed by atoms with Crippen LogP contribution in [0.25, 0.3) is 0 Å². The predicted molar refractivity (Wildman–Crippen MR) is 98.0 cm³/mol. The van der Waals surface area contributed by atoms with Crippen LogP contribution in [0.4, 0.5) is 0 Å². The van der Waals surface area contributed by atoms with Crippen molar-refractivity contribution in [2.75, 3.05) is 13.1 Å². The van der Waals surface area contributed by atoms with Gasteiger partial charge in [0.1, 0.15) is 11.4 Å². The third-order valence-electron chi connectivity index (χ3n) is 3.96. The number of benzene rings is 1. The molecule has 140 valence electrons. The zero-order chi connectivity index (χ0) is 19.3. The molecule has 1 atom stereocenters. The van der Waals surface area contributed by atoms with Gasteiger partial charge in [0, 0.05) is 12.2 Å². The lowest BCUT2D eigenvalue weighted by molar-refractivity contribution is 0.0628. The number of aromatic nitrogens is 2. The molecular formula is C19H25N3O4. The normalized spacial score (nSPS) is 12.2. The number of phenols is 1. The standard InChI is InChI=1S/C19H25N3O4/c1-4-22(11-17(24)13-6-5-7-15(23)9-13)18(25)16-10-14(8-12(2)3)20-19(26)21-16/h5-7,9-10,12,17,23-24H,4,8,11H2,1-3H3,(H,20,21,26). The predicted octanol–water partition coefficient (Wildman–Crippen LogP) is 1.87. The fourth-order valence-corrected chi connectivity index (χ4v) is 2.73. The Kier molecular flexibility index (Phi) is 6.52. The Labute approximate surface area is 152 Å². The summed E-state index contributed by atoms with van der Waals surface area (Å²) in [5.74, 6) is -0.0424. The second-order valence-electron chi connectivity index (χ2n) is 6.65. The number of likely N-dealkylation sites (N-methyl/N-ethyl adjacent to an activating group) is 1. The Balaban J connectivity index is 2.20. The van der Waals surface area contributed by atoms with Crippen molar-refractivity contribution in [1.29, 1.82) is 0 Å². The van der Waals surface area contributed by atoms with Gasteiger partial charge in [0.05, 0.1) is 12.6 Å². The van der Waals surface area contributed by atoms with Crippen LogP contribution in [0.5, 0.6) is 5.75 Å². The lowest BCUT2D eigenvalue weighted by Gasteiger charge is -2.24. The average Bonchev–Trinajstić information content (AvgIpc) is 2.57. The molecule has 0 bridgehead atoms. The minimum Gasteiger partial charge on any atom is -0.508 e. The molecule has 0 saturated carbocycles. The van der Waals surface area contributed by atoms with E-state index in [9.17, 15) is 19.8 Å². The molecule has 1 amide bonds. The molecule has 26 heavy (non-hydrogen) atoms. The summed E-state index contributed by atoms with van der Waals surface area (Å²) < 4.78 is 0. The molecule has 1 heterocycles. The van der Waals surface area contributed by atoms with E-state index in [1.165, 1.54) is 17.0 Å². The largest absolute Gasteiger partial charge is 0.508 e.